The molecule has 0 radical (unpaired) electrons. The monoisotopic (exact) mass is 287 g/mol. The van der Waals surface area contributed by atoms with Gasteiger partial charge in [-0.05, 0) is 26.2 Å². The molecule has 1 fully saturated rings. The summed E-state index contributed by atoms with van der Waals surface area (Å²) in [5, 5.41) is 21.1. The molecule has 8 nitrogen and oxygen atoms in total. The topological polar surface area (TPSA) is 133 Å². The number of rotatable bonds is 4. The summed E-state index contributed by atoms with van der Waals surface area (Å²) in [4.78, 5) is 35.1. The van der Waals surface area contributed by atoms with Gasteiger partial charge in [0.25, 0.3) is 0 Å². The third-order valence-electron chi connectivity index (χ3n) is 3.35. The van der Waals surface area contributed by atoms with Gasteiger partial charge in [-0.25, -0.2) is 9.59 Å². The lowest BCUT2D eigenvalue weighted by molar-refractivity contribution is -0.141. The zero-order valence-electron chi connectivity index (χ0n) is 11.5. The van der Waals surface area contributed by atoms with Crippen LogP contribution in [0, 0.1) is 0 Å². The van der Waals surface area contributed by atoms with Gasteiger partial charge in [-0.2, -0.15) is 0 Å². The molecule has 0 bridgehead atoms. The molecule has 114 valence electrons. The second-order valence-electron chi connectivity index (χ2n) is 5.35. The molecule has 0 aromatic rings. The number of carboxylic acids is 1. The van der Waals surface area contributed by atoms with E-state index in [1.165, 1.54) is 4.90 Å². The first-order valence-corrected chi connectivity index (χ1v) is 6.50. The molecule has 0 aliphatic carbocycles. The number of hydrogen-bond acceptors (Lipinski definition) is 4. The van der Waals surface area contributed by atoms with Crippen LogP contribution in [0.15, 0.2) is 0 Å². The molecule has 0 aromatic heterocycles. The van der Waals surface area contributed by atoms with Crippen molar-refractivity contribution in [2.45, 2.75) is 44.2 Å². The fraction of sp³-hybridized carbons (Fsp3) is 0.750. The third-order valence-corrected chi connectivity index (χ3v) is 3.35. The predicted octanol–water partition coefficient (Wildman–Crippen LogP) is -0.738. The van der Waals surface area contributed by atoms with Crippen LogP contribution in [-0.4, -0.2) is 57.8 Å². The molecule has 2 atom stereocenters. The summed E-state index contributed by atoms with van der Waals surface area (Å²) >= 11 is 0. The average molecular weight is 287 g/mol. The normalized spacial score (nSPS) is 24.6. The molecule has 1 unspecified atom stereocenters. The first-order valence-electron chi connectivity index (χ1n) is 6.50. The highest BCUT2D eigenvalue weighted by Crippen LogP contribution is 2.21. The van der Waals surface area contributed by atoms with E-state index in [1.807, 2.05) is 0 Å². The van der Waals surface area contributed by atoms with E-state index in [0.29, 0.717) is 32.4 Å². The Bertz CT molecular complexity index is 397. The summed E-state index contributed by atoms with van der Waals surface area (Å²) in [5.74, 6) is -2.10. The van der Waals surface area contributed by atoms with Crippen molar-refractivity contribution in [1.29, 1.82) is 0 Å². The van der Waals surface area contributed by atoms with E-state index in [1.54, 1.807) is 6.92 Å². The number of carbonyl (C=O) groups is 3. The number of aliphatic hydroxyl groups is 1. The smallest absolute Gasteiger partial charge is 0.326 e. The van der Waals surface area contributed by atoms with Crippen molar-refractivity contribution in [3.63, 3.8) is 0 Å². The second-order valence-corrected chi connectivity index (χ2v) is 5.35. The molecule has 20 heavy (non-hydrogen) atoms. The van der Waals surface area contributed by atoms with Crippen LogP contribution in [-0.2, 0) is 9.59 Å². The molecule has 1 heterocycles. The fourth-order valence-electron chi connectivity index (χ4n) is 2.11. The minimum absolute atomic E-state index is 0.335. The van der Waals surface area contributed by atoms with Gasteiger partial charge in [0.05, 0.1) is 12.0 Å². The highest BCUT2D eigenvalue weighted by molar-refractivity contribution is 5.87. The Kier molecular flexibility index (Phi) is 5.32. The van der Waals surface area contributed by atoms with Gasteiger partial charge < -0.3 is 26.2 Å². The van der Waals surface area contributed by atoms with E-state index >= 15 is 0 Å². The lowest BCUT2D eigenvalue weighted by Gasteiger charge is -2.24. The Labute approximate surface area is 116 Å². The first kappa shape index (κ1) is 16.2. The van der Waals surface area contributed by atoms with E-state index < -0.39 is 36.0 Å². The van der Waals surface area contributed by atoms with Crippen LogP contribution in [0.1, 0.15) is 32.6 Å². The molecular weight excluding hydrogens is 266 g/mol. The Morgan fingerprint density at radius 1 is 1.35 bits per heavy atom. The lowest BCUT2D eigenvalue weighted by atomic mass is 9.98. The number of amides is 3. The lowest BCUT2D eigenvalue weighted by Crippen LogP contribution is -2.49. The number of urea groups is 1. The number of carbonyl (C=O) groups excluding carboxylic acids is 2. The number of aliphatic carboxylic acids is 1. The van der Waals surface area contributed by atoms with Crippen molar-refractivity contribution in [3.8, 4) is 0 Å². The van der Waals surface area contributed by atoms with Crippen LogP contribution in [0.4, 0.5) is 4.79 Å². The number of carboxylic acid groups (broad SMARTS) is 1. The molecule has 1 aliphatic rings. The maximum atomic E-state index is 12.0. The van der Waals surface area contributed by atoms with Crippen LogP contribution in [0.3, 0.4) is 0 Å². The predicted molar refractivity (Wildman–Crippen MR) is 69.8 cm³/mol. The van der Waals surface area contributed by atoms with E-state index in [0.717, 1.165) is 0 Å². The second kappa shape index (κ2) is 6.56. The summed E-state index contributed by atoms with van der Waals surface area (Å²) in [6.45, 7) is 2.48. The molecule has 1 saturated heterocycles. The van der Waals surface area contributed by atoms with Gasteiger partial charge >= 0.3 is 12.0 Å². The van der Waals surface area contributed by atoms with Crippen molar-refractivity contribution in [2.24, 2.45) is 5.73 Å². The molecule has 0 spiro atoms. The molecular formula is C12H21N3O5. The van der Waals surface area contributed by atoms with Gasteiger partial charge in [-0.1, -0.05) is 0 Å². The van der Waals surface area contributed by atoms with Crippen molar-refractivity contribution in [2.75, 3.05) is 13.1 Å². The Balaban J connectivity index is 2.60. The minimum Gasteiger partial charge on any atom is -0.480 e. The van der Waals surface area contributed by atoms with Gasteiger partial charge in [0.15, 0.2) is 0 Å². The van der Waals surface area contributed by atoms with Gasteiger partial charge in [0, 0.05) is 13.1 Å². The summed E-state index contributed by atoms with van der Waals surface area (Å²) in [6, 6.07) is -1.89. The molecule has 1 aliphatic heterocycles. The zero-order valence-corrected chi connectivity index (χ0v) is 11.5. The molecule has 3 amide bonds. The Hall–Kier alpha value is -1.83. The largest absolute Gasteiger partial charge is 0.480 e. The van der Waals surface area contributed by atoms with E-state index in [9.17, 15) is 19.5 Å². The van der Waals surface area contributed by atoms with Gasteiger partial charge in [0.2, 0.25) is 5.91 Å². The van der Waals surface area contributed by atoms with E-state index in [2.05, 4.69) is 5.32 Å². The number of hydrogen-bond donors (Lipinski definition) is 4. The van der Waals surface area contributed by atoms with E-state index in [4.69, 9.17) is 10.8 Å². The molecule has 0 saturated carbocycles. The van der Waals surface area contributed by atoms with Crippen LogP contribution >= 0.6 is 0 Å². The standard InChI is InChI=1S/C12H21N3O5/c1-12(20)3-2-5-15(6-4-12)11(19)14-8(10(17)18)7-9(13)16/h8,20H,2-7H2,1H3,(H2,13,16)(H,14,19)(H,17,18)/t8-,12?/m0/s1. The highest BCUT2D eigenvalue weighted by Gasteiger charge is 2.29. The third kappa shape index (κ3) is 5.04. The maximum absolute atomic E-state index is 12.0. The summed E-state index contributed by atoms with van der Waals surface area (Å²) in [7, 11) is 0. The number of primary amides is 1. The van der Waals surface area contributed by atoms with Crippen molar-refractivity contribution >= 4 is 17.9 Å². The van der Waals surface area contributed by atoms with Gasteiger partial charge in [0.1, 0.15) is 6.04 Å². The molecule has 0 aromatic carbocycles. The number of nitrogens with one attached hydrogen (secondary N) is 1. The van der Waals surface area contributed by atoms with Crippen LogP contribution in [0.5, 0.6) is 0 Å². The van der Waals surface area contributed by atoms with Gasteiger partial charge in [-0.15, -0.1) is 0 Å². The summed E-state index contributed by atoms with van der Waals surface area (Å²) < 4.78 is 0. The highest BCUT2D eigenvalue weighted by atomic mass is 16.4. The van der Waals surface area contributed by atoms with E-state index in [-0.39, 0.29) is 0 Å². The number of nitrogens with zero attached hydrogens (tertiary/aromatic N) is 1. The summed E-state index contributed by atoms with van der Waals surface area (Å²) in [6.07, 6.45) is 1.19. The summed E-state index contributed by atoms with van der Waals surface area (Å²) in [5.41, 5.74) is 4.13. The SMILES string of the molecule is CC1(O)CCCN(C(=O)N[C@@H](CC(N)=O)C(=O)O)CC1. The van der Waals surface area contributed by atoms with Crippen LogP contribution < -0.4 is 11.1 Å². The molecule has 8 heteroatoms. The molecule has 5 N–H and O–H groups in total. The zero-order chi connectivity index (χ0) is 15.3. The van der Waals surface area contributed by atoms with Gasteiger partial charge in [-0.3, -0.25) is 4.79 Å². The Morgan fingerprint density at radius 3 is 2.55 bits per heavy atom. The Morgan fingerprint density at radius 2 is 2.00 bits per heavy atom. The quantitative estimate of drug-likeness (QED) is 0.540. The number of nitrogens with two attached hydrogens (primary N) is 1. The van der Waals surface area contributed by atoms with Crippen molar-refractivity contribution < 1.29 is 24.6 Å². The molecule has 1 rings (SSSR count). The van der Waals surface area contributed by atoms with Crippen LogP contribution in [0.2, 0.25) is 0 Å². The first-order chi connectivity index (χ1) is 9.21. The van der Waals surface area contributed by atoms with Crippen molar-refractivity contribution in [3.05, 3.63) is 0 Å². The van der Waals surface area contributed by atoms with Crippen molar-refractivity contribution in [1.82, 2.24) is 10.2 Å². The van der Waals surface area contributed by atoms with Crippen LogP contribution in [0.25, 0.3) is 0 Å². The maximum Gasteiger partial charge on any atom is 0.326 e. The number of likely N-dealkylation sites (tertiary alicyclic amines) is 1. The minimum atomic E-state index is -1.33. The fourth-order valence-corrected chi connectivity index (χ4v) is 2.11. The average Bonchev–Trinajstić information content (AvgIpc) is 2.48.